The summed E-state index contributed by atoms with van der Waals surface area (Å²) in [6.45, 7) is 0. The van der Waals surface area contributed by atoms with Crippen LogP contribution in [0.4, 0.5) is 8.78 Å². The summed E-state index contributed by atoms with van der Waals surface area (Å²) >= 11 is 0. The largest absolute Gasteiger partial charge is 0.339 e. The molecule has 5 aromatic rings. The van der Waals surface area contributed by atoms with Crippen LogP contribution in [0.1, 0.15) is 24.7 Å². The van der Waals surface area contributed by atoms with Crippen LogP contribution >= 0.6 is 0 Å². The quantitative estimate of drug-likeness (QED) is 0.473. The van der Waals surface area contributed by atoms with Crippen molar-refractivity contribution in [1.29, 1.82) is 0 Å². The molecule has 1 aliphatic rings. The number of hydrogen-bond acceptors (Lipinski definition) is 5. The topological polar surface area (TPSA) is 84.9 Å². The summed E-state index contributed by atoms with van der Waals surface area (Å²) in [5.41, 5.74) is 2.75. The maximum absolute atomic E-state index is 14.3. The van der Waals surface area contributed by atoms with E-state index in [2.05, 4.69) is 25.3 Å². The van der Waals surface area contributed by atoms with Gasteiger partial charge in [-0.25, -0.2) is 13.8 Å². The molecule has 0 aliphatic heterocycles. The highest BCUT2D eigenvalue weighted by Gasteiger charge is 2.30. The van der Waals surface area contributed by atoms with Gasteiger partial charge < -0.3 is 4.52 Å². The molecular formula is C21H14F2N6O. The van der Waals surface area contributed by atoms with Gasteiger partial charge in [-0.1, -0.05) is 11.2 Å². The molecule has 6 rings (SSSR count). The number of imidazole rings is 1. The molecule has 7 nitrogen and oxygen atoms in total. The molecule has 0 radical (unpaired) electrons. The van der Waals surface area contributed by atoms with Crippen molar-refractivity contribution in [3.05, 3.63) is 66.4 Å². The summed E-state index contributed by atoms with van der Waals surface area (Å²) in [4.78, 5) is 8.88. The first-order valence-electron chi connectivity index (χ1n) is 9.48. The fraction of sp³-hybridized carbons (Fsp3) is 0.143. The van der Waals surface area contributed by atoms with E-state index < -0.39 is 11.6 Å². The average molecular weight is 404 g/mol. The molecule has 0 bridgehead atoms. The summed E-state index contributed by atoms with van der Waals surface area (Å²) in [6, 6.07) is 7.40. The lowest BCUT2D eigenvalue weighted by Gasteiger charge is -2.07. The smallest absolute Gasteiger partial charge is 0.230 e. The van der Waals surface area contributed by atoms with Crippen molar-refractivity contribution in [2.75, 3.05) is 0 Å². The van der Waals surface area contributed by atoms with Gasteiger partial charge in [0.2, 0.25) is 11.7 Å². The van der Waals surface area contributed by atoms with E-state index in [1.807, 2.05) is 22.7 Å². The lowest BCUT2D eigenvalue weighted by atomic mass is 10.0. The molecule has 0 unspecified atom stereocenters. The highest BCUT2D eigenvalue weighted by molar-refractivity contribution is 5.81. The van der Waals surface area contributed by atoms with E-state index in [0.717, 1.165) is 12.8 Å². The normalized spacial score (nSPS) is 13.9. The summed E-state index contributed by atoms with van der Waals surface area (Å²) in [6.07, 6.45) is 7.16. The van der Waals surface area contributed by atoms with Crippen LogP contribution in [0, 0.1) is 11.6 Å². The molecular weight excluding hydrogens is 390 g/mol. The number of nitrogens with zero attached hydrogens (tertiary/aromatic N) is 5. The minimum absolute atomic E-state index is 0.150. The van der Waals surface area contributed by atoms with Crippen LogP contribution in [-0.4, -0.2) is 29.7 Å². The first-order valence-corrected chi connectivity index (χ1v) is 9.48. The zero-order valence-corrected chi connectivity index (χ0v) is 15.5. The van der Waals surface area contributed by atoms with Gasteiger partial charge in [0, 0.05) is 23.2 Å². The van der Waals surface area contributed by atoms with Gasteiger partial charge in [0.05, 0.1) is 23.7 Å². The van der Waals surface area contributed by atoms with Gasteiger partial charge in [-0.15, -0.1) is 0 Å². The van der Waals surface area contributed by atoms with Gasteiger partial charge in [-0.05, 0) is 37.1 Å². The molecule has 4 aromatic heterocycles. The molecule has 1 N–H and O–H groups in total. The predicted octanol–water partition coefficient (Wildman–Crippen LogP) is 4.60. The second-order valence-electron chi connectivity index (χ2n) is 7.28. The van der Waals surface area contributed by atoms with Crippen LogP contribution in [0.5, 0.6) is 0 Å². The predicted molar refractivity (Wildman–Crippen MR) is 103 cm³/mol. The Morgan fingerprint density at radius 3 is 2.70 bits per heavy atom. The number of rotatable bonds is 4. The lowest BCUT2D eigenvalue weighted by Crippen LogP contribution is -1.94. The third-order valence-corrected chi connectivity index (χ3v) is 5.27. The monoisotopic (exact) mass is 404 g/mol. The van der Waals surface area contributed by atoms with E-state index in [9.17, 15) is 8.78 Å². The summed E-state index contributed by atoms with van der Waals surface area (Å²) in [7, 11) is 0. The van der Waals surface area contributed by atoms with Gasteiger partial charge >= 0.3 is 0 Å². The summed E-state index contributed by atoms with van der Waals surface area (Å²) in [5, 5.41) is 10.8. The van der Waals surface area contributed by atoms with E-state index in [4.69, 9.17) is 4.52 Å². The molecule has 1 fully saturated rings. The van der Waals surface area contributed by atoms with Crippen LogP contribution in [-0.2, 0) is 0 Å². The third kappa shape index (κ3) is 2.62. The fourth-order valence-electron chi connectivity index (χ4n) is 3.57. The zero-order chi connectivity index (χ0) is 20.2. The number of aromatic nitrogens is 6. The van der Waals surface area contributed by atoms with E-state index in [0.29, 0.717) is 40.1 Å². The molecule has 1 aromatic carbocycles. The second kappa shape index (κ2) is 6.31. The van der Waals surface area contributed by atoms with Gasteiger partial charge in [0.1, 0.15) is 23.0 Å². The molecule has 0 atom stereocenters. The van der Waals surface area contributed by atoms with Gasteiger partial charge in [0.15, 0.2) is 0 Å². The highest BCUT2D eigenvalue weighted by atomic mass is 19.1. The lowest BCUT2D eigenvalue weighted by molar-refractivity contribution is 0.380. The van der Waals surface area contributed by atoms with Crippen molar-refractivity contribution in [1.82, 2.24) is 29.7 Å². The van der Waals surface area contributed by atoms with E-state index in [1.54, 1.807) is 12.4 Å². The minimum atomic E-state index is -0.663. The SMILES string of the molecule is Fc1cccc(F)c1-c1[nH]ncc1-c1ccc2ncc(-c3noc(C4CC4)n3)n2c1. The second-order valence-corrected chi connectivity index (χ2v) is 7.28. The van der Waals surface area contributed by atoms with Crippen molar-refractivity contribution >= 4 is 5.65 Å². The van der Waals surface area contributed by atoms with Crippen molar-refractivity contribution in [3.63, 3.8) is 0 Å². The van der Waals surface area contributed by atoms with Crippen LogP contribution in [0.2, 0.25) is 0 Å². The molecule has 1 aliphatic carbocycles. The van der Waals surface area contributed by atoms with Crippen LogP contribution in [0.3, 0.4) is 0 Å². The number of aromatic amines is 1. The average Bonchev–Trinajstić information content (AvgIpc) is 3.15. The van der Waals surface area contributed by atoms with Gasteiger partial charge in [-0.3, -0.25) is 9.50 Å². The van der Waals surface area contributed by atoms with Gasteiger partial charge in [0.25, 0.3) is 0 Å². The summed E-state index contributed by atoms with van der Waals surface area (Å²) < 4.78 is 35.9. The number of fused-ring (bicyclic) bond motifs is 1. The Kier molecular flexibility index (Phi) is 3.58. The number of benzene rings is 1. The Balaban J connectivity index is 1.48. The van der Waals surface area contributed by atoms with Crippen molar-refractivity contribution in [2.24, 2.45) is 0 Å². The fourth-order valence-corrected chi connectivity index (χ4v) is 3.57. The van der Waals surface area contributed by atoms with Crippen LogP contribution < -0.4 is 0 Å². The Morgan fingerprint density at radius 1 is 1.07 bits per heavy atom. The Morgan fingerprint density at radius 2 is 1.90 bits per heavy atom. The molecule has 1 saturated carbocycles. The van der Waals surface area contributed by atoms with Crippen molar-refractivity contribution in [2.45, 2.75) is 18.8 Å². The van der Waals surface area contributed by atoms with Crippen molar-refractivity contribution < 1.29 is 13.3 Å². The first kappa shape index (κ1) is 17.0. The molecule has 0 saturated heterocycles. The molecule has 4 heterocycles. The number of pyridine rings is 1. The van der Waals surface area contributed by atoms with Crippen molar-refractivity contribution in [3.8, 4) is 33.9 Å². The maximum atomic E-state index is 14.3. The number of halogens is 2. The Bertz CT molecular complexity index is 1380. The third-order valence-electron chi connectivity index (χ3n) is 5.27. The molecule has 148 valence electrons. The first-order chi connectivity index (χ1) is 14.7. The molecule has 0 amide bonds. The van der Waals surface area contributed by atoms with E-state index >= 15 is 0 Å². The molecule has 0 spiro atoms. The Hall–Kier alpha value is -3.88. The summed E-state index contributed by atoms with van der Waals surface area (Å²) in [5.74, 6) is 0.121. The minimum Gasteiger partial charge on any atom is -0.339 e. The molecule has 9 heteroatoms. The molecule has 30 heavy (non-hydrogen) atoms. The van der Waals surface area contributed by atoms with Gasteiger partial charge in [-0.2, -0.15) is 10.1 Å². The van der Waals surface area contributed by atoms with E-state index in [-0.39, 0.29) is 11.3 Å². The van der Waals surface area contributed by atoms with E-state index in [1.165, 1.54) is 18.2 Å². The van der Waals surface area contributed by atoms with Crippen LogP contribution in [0.15, 0.2) is 53.4 Å². The zero-order valence-electron chi connectivity index (χ0n) is 15.5. The maximum Gasteiger partial charge on any atom is 0.230 e. The number of nitrogens with one attached hydrogen (secondary N) is 1. The Labute approximate surface area is 168 Å². The standard InChI is InChI=1S/C21H14F2N6O/c22-14-2-1-3-15(23)18(14)19-13(8-25-27-19)12-6-7-17-24-9-16(29(17)10-12)20-26-21(30-28-20)11-4-5-11/h1-3,6-11H,4-5H2,(H,25,27). The van der Waals surface area contributed by atoms with Crippen LogP contribution in [0.25, 0.3) is 39.5 Å². The highest BCUT2D eigenvalue weighted by Crippen LogP contribution is 2.39. The number of hydrogen-bond donors (Lipinski definition) is 1. The number of H-pyrrole nitrogens is 1.